The Morgan fingerprint density at radius 1 is 1.05 bits per heavy atom. The van der Waals surface area contributed by atoms with Crippen LogP contribution in [-0.2, 0) is 12.5 Å². The Morgan fingerprint density at radius 2 is 1.84 bits per heavy atom. The molecule has 3 heteroatoms. The maximum absolute atomic E-state index is 6.16. The fraction of sp³-hybridized carbons (Fsp3) is 0.250. The van der Waals surface area contributed by atoms with Gasteiger partial charge in [0, 0.05) is 5.56 Å². The lowest BCUT2D eigenvalue weighted by Gasteiger charge is -2.13. The number of hydrogen-bond acceptors (Lipinski definition) is 1. The van der Waals surface area contributed by atoms with Crippen LogP contribution in [0.4, 0.5) is 0 Å². The van der Waals surface area contributed by atoms with Crippen LogP contribution in [0.2, 0.25) is 5.02 Å². The Bertz CT molecular complexity index is 579. The van der Waals surface area contributed by atoms with Crippen molar-refractivity contribution in [3.8, 4) is 5.75 Å². The Kier molecular flexibility index (Phi) is 4.73. The molecule has 2 aromatic carbocycles. The average Bonchev–Trinajstić information content (AvgIpc) is 2.40. The lowest BCUT2D eigenvalue weighted by atomic mass is 10.1. The first-order valence-corrected chi connectivity index (χ1v) is 7.05. The number of hydrogen-bond donors (Lipinski definition) is 0. The van der Waals surface area contributed by atoms with Gasteiger partial charge in [0.05, 0.1) is 10.9 Å². The maximum atomic E-state index is 6.16. The highest BCUT2D eigenvalue weighted by Gasteiger charge is 2.08. The van der Waals surface area contributed by atoms with E-state index in [0.717, 1.165) is 5.56 Å². The summed E-state index contributed by atoms with van der Waals surface area (Å²) in [6, 6.07) is 12.0. The second kappa shape index (κ2) is 6.31. The molecule has 0 aliphatic rings. The summed E-state index contributed by atoms with van der Waals surface area (Å²) >= 11 is 12.1. The minimum atomic E-state index is 0.392. The Morgan fingerprint density at radius 3 is 2.58 bits per heavy atom. The lowest BCUT2D eigenvalue weighted by molar-refractivity contribution is 0.303. The first-order valence-electron chi connectivity index (χ1n) is 6.14. The summed E-state index contributed by atoms with van der Waals surface area (Å²) in [5.41, 5.74) is 4.52. The van der Waals surface area contributed by atoms with E-state index in [1.807, 2.05) is 18.2 Å². The van der Waals surface area contributed by atoms with Crippen LogP contribution in [0.25, 0.3) is 0 Å². The summed E-state index contributed by atoms with van der Waals surface area (Å²) in [6.45, 7) is 4.65. The summed E-state index contributed by atoms with van der Waals surface area (Å²) in [7, 11) is 0. The van der Waals surface area contributed by atoms with E-state index in [1.54, 1.807) is 0 Å². The molecule has 0 atom stereocenters. The Labute approximate surface area is 124 Å². The third kappa shape index (κ3) is 3.43. The predicted octanol–water partition coefficient (Wildman–Crippen LogP) is 5.27. The molecule has 0 bridgehead atoms. The van der Waals surface area contributed by atoms with E-state index < -0.39 is 0 Å². The third-order valence-corrected chi connectivity index (χ3v) is 3.65. The van der Waals surface area contributed by atoms with Crippen LogP contribution in [-0.4, -0.2) is 0 Å². The van der Waals surface area contributed by atoms with Gasteiger partial charge in [-0.2, -0.15) is 0 Å². The number of halogens is 2. The maximum Gasteiger partial charge on any atom is 0.142 e. The van der Waals surface area contributed by atoms with Gasteiger partial charge in [-0.1, -0.05) is 47.5 Å². The Balaban J connectivity index is 2.21. The zero-order valence-electron chi connectivity index (χ0n) is 11.0. The number of aryl methyl sites for hydroxylation is 2. The van der Waals surface area contributed by atoms with E-state index in [2.05, 4.69) is 32.0 Å². The minimum Gasteiger partial charge on any atom is -0.487 e. The van der Waals surface area contributed by atoms with Crippen LogP contribution < -0.4 is 4.74 Å². The largest absolute Gasteiger partial charge is 0.487 e. The smallest absolute Gasteiger partial charge is 0.142 e. The van der Waals surface area contributed by atoms with Crippen molar-refractivity contribution >= 4 is 23.2 Å². The summed E-state index contributed by atoms with van der Waals surface area (Å²) < 4.78 is 5.86. The van der Waals surface area contributed by atoms with Crippen LogP contribution in [0.3, 0.4) is 0 Å². The summed E-state index contributed by atoms with van der Waals surface area (Å²) in [4.78, 5) is 0. The molecule has 0 heterocycles. The van der Waals surface area contributed by atoms with Crippen LogP contribution in [0.1, 0.15) is 22.3 Å². The molecule has 0 unspecified atom stereocenters. The molecular formula is C16H16Cl2O. The van der Waals surface area contributed by atoms with Crippen molar-refractivity contribution in [3.05, 3.63) is 63.7 Å². The SMILES string of the molecule is Cc1ccc(C)c(COc2c(Cl)cccc2CCl)c1. The molecule has 0 radical (unpaired) electrons. The Hall–Kier alpha value is -1.18. The van der Waals surface area contributed by atoms with Gasteiger partial charge in [-0.05, 0) is 31.0 Å². The molecule has 0 saturated heterocycles. The van der Waals surface area contributed by atoms with Crippen molar-refractivity contribution in [1.29, 1.82) is 0 Å². The first kappa shape index (κ1) is 14.2. The van der Waals surface area contributed by atoms with E-state index >= 15 is 0 Å². The molecular weight excluding hydrogens is 279 g/mol. The first-order chi connectivity index (χ1) is 9.11. The molecule has 1 nitrogen and oxygen atoms in total. The molecule has 0 aliphatic heterocycles. The highest BCUT2D eigenvalue weighted by Crippen LogP contribution is 2.30. The molecule has 0 aromatic heterocycles. The standard InChI is InChI=1S/C16H16Cl2O/c1-11-6-7-12(2)14(8-11)10-19-16-13(9-17)4-3-5-15(16)18/h3-8H,9-10H2,1-2H3. The van der Waals surface area contributed by atoms with Crippen molar-refractivity contribution in [3.63, 3.8) is 0 Å². The quantitative estimate of drug-likeness (QED) is 0.698. The van der Waals surface area contributed by atoms with Gasteiger partial charge in [-0.15, -0.1) is 11.6 Å². The number of benzene rings is 2. The molecule has 0 saturated carbocycles. The predicted molar refractivity (Wildman–Crippen MR) is 81.3 cm³/mol. The number of ether oxygens (including phenoxy) is 1. The molecule has 0 N–H and O–H groups in total. The summed E-state index contributed by atoms with van der Waals surface area (Å²) in [5.74, 6) is 1.07. The van der Waals surface area contributed by atoms with Crippen molar-refractivity contribution < 1.29 is 4.74 Å². The number of rotatable bonds is 4. The van der Waals surface area contributed by atoms with Gasteiger partial charge in [0.15, 0.2) is 0 Å². The normalized spacial score (nSPS) is 10.5. The fourth-order valence-electron chi connectivity index (χ4n) is 1.93. The van der Waals surface area contributed by atoms with Gasteiger partial charge >= 0.3 is 0 Å². The van der Waals surface area contributed by atoms with E-state index in [-0.39, 0.29) is 0 Å². The molecule has 2 rings (SSSR count). The number of alkyl halides is 1. The fourth-order valence-corrected chi connectivity index (χ4v) is 2.39. The van der Waals surface area contributed by atoms with Gasteiger partial charge in [0.1, 0.15) is 12.4 Å². The second-order valence-electron chi connectivity index (χ2n) is 4.58. The van der Waals surface area contributed by atoms with Gasteiger partial charge in [-0.25, -0.2) is 0 Å². The van der Waals surface area contributed by atoms with Crippen LogP contribution in [0.15, 0.2) is 36.4 Å². The van der Waals surface area contributed by atoms with Crippen LogP contribution in [0, 0.1) is 13.8 Å². The molecule has 0 amide bonds. The number of para-hydroxylation sites is 1. The van der Waals surface area contributed by atoms with Gasteiger partial charge in [0.25, 0.3) is 0 Å². The summed E-state index contributed by atoms with van der Waals surface area (Å²) in [6.07, 6.45) is 0. The molecule has 19 heavy (non-hydrogen) atoms. The second-order valence-corrected chi connectivity index (χ2v) is 5.25. The topological polar surface area (TPSA) is 9.23 Å². The van der Waals surface area contributed by atoms with Crippen molar-refractivity contribution in [2.75, 3.05) is 0 Å². The lowest BCUT2D eigenvalue weighted by Crippen LogP contribution is -2.01. The van der Waals surface area contributed by atoms with Crippen molar-refractivity contribution in [1.82, 2.24) is 0 Å². The van der Waals surface area contributed by atoms with Gasteiger partial charge in [-0.3, -0.25) is 0 Å². The average molecular weight is 295 g/mol. The van der Waals surface area contributed by atoms with E-state index in [4.69, 9.17) is 27.9 Å². The summed E-state index contributed by atoms with van der Waals surface area (Å²) in [5, 5.41) is 0.600. The zero-order chi connectivity index (χ0) is 13.8. The van der Waals surface area contributed by atoms with Crippen LogP contribution in [0.5, 0.6) is 5.75 Å². The molecule has 2 aromatic rings. The van der Waals surface area contributed by atoms with E-state index in [0.29, 0.717) is 23.3 Å². The molecule has 0 spiro atoms. The molecule has 0 fully saturated rings. The minimum absolute atomic E-state index is 0.392. The molecule has 0 aliphatic carbocycles. The van der Waals surface area contributed by atoms with Crippen molar-refractivity contribution in [2.24, 2.45) is 0 Å². The zero-order valence-corrected chi connectivity index (χ0v) is 12.6. The molecule has 100 valence electrons. The van der Waals surface area contributed by atoms with E-state index in [1.165, 1.54) is 16.7 Å². The highest BCUT2D eigenvalue weighted by molar-refractivity contribution is 6.32. The monoisotopic (exact) mass is 294 g/mol. The van der Waals surface area contributed by atoms with Gasteiger partial charge < -0.3 is 4.74 Å². The van der Waals surface area contributed by atoms with Crippen LogP contribution >= 0.6 is 23.2 Å². The highest BCUT2D eigenvalue weighted by atomic mass is 35.5. The van der Waals surface area contributed by atoms with Crippen molar-refractivity contribution in [2.45, 2.75) is 26.3 Å². The van der Waals surface area contributed by atoms with E-state index in [9.17, 15) is 0 Å². The van der Waals surface area contributed by atoms with Gasteiger partial charge in [0.2, 0.25) is 0 Å². The third-order valence-electron chi connectivity index (χ3n) is 3.07.